The van der Waals surface area contributed by atoms with Crippen LogP contribution in [0.3, 0.4) is 0 Å². The Balaban J connectivity index is -0.000000245. The average Bonchev–Trinajstić information content (AvgIpc) is 1.68. The predicted molar refractivity (Wildman–Crippen MR) is 39.3 cm³/mol. The van der Waals surface area contributed by atoms with E-state index in [2.05, 4.69) is 4.74 Å². The van der Waals surface area contributed by atoms with Crippen LogP contribution < -0.4 is 6.15 Å². The molecule has 0 bridgehead atoms. The van der Waals surface area contributed by atoms with Gasteiger partial charge < -0.3 is 10.9 Å². The third kappa shape index (κ3) is 10.4. The number of hydrogen-bond acceptors (Lipinski definition) is 4. The van der Waals surface area contributed by atoms with Gasteiger partial charge in [-0.3, -0.25) is 9.59 Å². The van der Waals surface area contributed by atoms with E-state index in [4.69, 9.17) is 0 Å². The highest BCUT2D eigenvalue weighted by atomic mass is 35.5. The first kappa shape index (κ1) is 16.2. The summed E-state index contributed by atoms with van der Waals surface area (Å²) in [6, 6.07) is 0. The van der Waals surface area contributed by atoms with Crippen molar-refractivity contribution in [3.05, 3.63) is 0 Å². The minimum Gasteiger partial charge on any atom is -0.395 e. The molecule has 0 aromatic carbocycles. The molecule has 0 heterocycles. The Morgan fingerprint density at radius 3 is 2.40 bits per heavy atom. The number of carbonyl (C=O) groups excluding carboxylic acids is 2. The van der Waals surface area contributed by atoms with Gasteiger partial charge in [-0.2, -0.15) is 0 Å². The van der Waals surface area contributed by atoms with E-state index >= 15 is 0 Å². The molecule has 0 saturated heterocycles. The number of carbonyl (C=O) groups is 2. The molecule has 0 aliphatic rings. The fourth-order valence-electron chi connectivity index (χ4n) is 0.317. The van der Waals surface area contributed by atoms with E-state index in [-0.39, 0.29) is 25.0 Å². The van der Waals surface area contributed by atoms with Gasteiger partial charge in [0.25, 0.3) is 0 Å². The molecule has 0 rings (SSSR count). The van der Waals surface area contributed by atoms with Crippen LogP contribution in [0.2, 0.25) is 0 Å². The van der Waals surface area contributed by atoms with Gasteiger partial charge in [-0.1, -0.05) is 6.92 Å². The fourth-order valence-corrected chi connectivity index (χ4v) is 0.317. The molecule has 62 valence electrons. The zero-order chi connectivity index (χ0) is 6.41. The Kier molecular flexibility index (Phi) is 18.2. The predicted octanol–water partition coefficient (Wildman–Crippen LogP) is 1.07. The van der Waals surface area contributed by atoms with Crippen molar-refractivity contribution in [2.24, 2.45) is 0 Å². The van der Waals surface area contributed by atoms with Crippen molar-refractivity contribution in [2.75, 3.05) is 0 Å². The van der Waals surface area contributed by atoms with Gasteiger partial charge in [0, 0.05) is 6.42 Å². The zero-order valence-electron chi connectivity index (χ0n) is 5.83. The maximum atomic E-state index is 10.2. The monoisotopic (exact) mass is 169 g/mol. The fraction of sp³-hybridized carbons (Fsp3) is 0.600. The lowest BCUT2D eigenvalue weighted by Crippen LogP contribution is -2.00. The van der Waals surface area contributed by atoms with Crippen molar-refractivity contribution in [1.82, 2.24) is 6.15 Å². The number of rotatable bonds is 3. The van der Waals surface area contributed by atoms with Crippen molar-refractivity contribution in [3.63, 3.8) is 0 Å². The lowest BCUT2D eigenvalue weighted by Gasteiger charge is -1.89. The Hall–Kier alpha value is -0.610. The molecular formula is C5H12ClNO3. The largest absolute Gasteiger partial charge is 0.395 e. The molecule has 4 nitrogen and oxygen atoms in total. The molecule has 0 atom stereocenters. The molecule has 0 fully saturated rings. The Bertz CT molecular complexity index is 96.9. The summed E-state index contributed by atoms with van der Waals surface area (Å²) >= 11 is 0. The highest BCUT2D eigenvalue weighted by Gasteiger charge is 1.96. The molecule has 0 radical (unpaired) electrons. The molecule has 0 aromatic heterocycles. The van der Waals surface area contributed by atoms with Crippen LogP contribution in [-0.2, 0) is 14.3 Å². The first-order chi connectivity index (χ1) is 3.81. The first-order valence-corrected chi connectivity index (χ1v) is 2.44. The summed E-state index contributed by atoms with van der Waals surface area (Å²) in [5.41, 5.74) is 0. The average molecular weight is 170 g/mol. The van der Waals surface area contributed by atoms with Crippen molar-refractivity contribution in [2.45, 2.75) is 19.8 Å². The molecule has 0 unspecified atom stereocenters. The van der Waals surface area contributed by atoms with Crippen molar-refractivity contribution >= 4 is 24.8 Å². The van der Waals surface area contributed by atoms with Crippen LogP contribution in [0.25, 0.3) is 0 Å². The van der Waals surface area contributed by atoms with Gasteiger partial charge in [0.05, 0.1) is 0 Å². The standard InChI is InChI=1S/C5H8O3.ClH.H3N/c1-2-3-5(7)8-4-6;;/h4H,2-3H2,1H3;1H;1H3. The SMILES string of the molecule is CCCC(=O)OC=O.Cl.N. The third-order valence-electron chi connectivity index (χ3n) is 0.634. The molecule has 0 amide bonds. The first-order valence-electron chi connectivity index (χ1n) is 2.44. The van der Waals surface area contributed by atoms with Gasteiger partial charge in [0.1, 0.15) is 0 Å². The maximum Gasteiger partial charge on any atom is 0.313 e. The summed E-state index contributed by atoms with van der Waals surface area (Å²) in [6.07, 6.45) is 1.03. The highest BCUT2D eigenvalue weighted by Crippen LogP contribution is 1.87. The van der Waals surface area contributed by atoms with Crippen LogP contribution in [-0.4, -0.2) is 12.4 Å². The second-order valence-electron chi connectivity index (χ2n) is 1.34. The summed E-state index contributed by atoms with van der Waals surface area (Å²) in [7, 11) is 0. The van der Waals surface area contributed by atoms with E-state index in [0.29, 0.717) is 12.8 Å². The smallest absolute Gasteiger partial charge is 0.313 e. The molecule has 3 N–H and O–H groups in total. The molecular weight excluding hydrogens is 158 g/mol. The molecule has 10 heavy (non-hydrogen) atoms. The number of hydrogen-bond donors (Lipinski definition) is 1. The van der Waals surface area contributed by atoms with Crippen LogP contribution >= 0.6 is 12.4 Å². The van der Waals surface area contributed by atoms with E-state index in [1.54, 1.807) is 0 Å². The van der Waals surface area contributed by atoms with E-state index in [9.17, 15) is 9.59 Å². The van der Waals surface area contributed by atoms with E-state index in [0.717, 1.165) is 0 Å². The summed E-state index contributed by atoms with van der Waals surface area (Å²) in [5, 5.41) is 0. The van der Waals surface area contributed by atoms with Crippen LogP contribution in [0.15, 0.2) is 0 Å². The Morgan fingerprint density at radius 2 is 2.10 bits per heavy atom. The number of esters is 1. The van der Waals surface area contributed by atoms with Gasteiger partial charge in [-0.25, -0.2) is 0 Å². The third-order valence-corrected chi connectivity index (χ3v) is 0.634. The quantitative estimate of drug-likeness (QED) is 0.390. The summed E-state index contributed by atoms with van der Waals surface area (Å²) in [4.78, 5) is 19.6. The number of halogens is 1. The summed E-state index contributed by atoms with van der Waals surface area (Å²) < 4.78 is 3.96. The van der Waals surface area contributed by atoms with Gasteiger partial charge in [-0.15, -0.1) is 12.4 Å². The maximum absolute atomic E-state index is 10.2. The molecule has 0 aromatic rings. The Morgan fingerprint density at radius 1 is 1.60 bits per heavy atom. The van der Waals surface area contributed by atoms with Gasteiger partial charge in [0.2, 0.25) is 0 Å². The Labute approximate surface area is 65.9 Å². The molecule has 0 aliphatic heterocycles. The highest BCUT2D eigenvalue weighted by molar-refractivity contribution is 5.85. The van der Waals surface area contributed by atoms with Gasteiger partial charge in [-0.05, 0) is 6.42 Å². The molecule has 0 aliphatic carbocycles. The summed E-state index contributed by atoms with van der Waals surface area (Å²) in [5.74, 6) is -0.456. The lowest BCUT2D eigenvalue weighted by atomic mass is 10.3. The number of ether oxygens (including phenoxy) is 1. The molecule has 0 spiro atoms. The minimum atomic E-state index is -0.456. The van der Waals surface area contributed by atoms with Crippen LogP contribution in [0.1, 0.15) is 19.8 Å². The van der Waals surface area contributed by atoms with Crippen molar-refractivity contribution in [3.8, 4) is 0 Å². The van der Waals surface area contributed by atoms with E-state index < -0.39 is 5.97 Å². The minimum absolute atomic E-state index is 0. The van der Waals surface area contributed by atoms with Crippen LogP contribution in [0, 0.1) is 0 Å². The second-order valence-corrected chi connectivity index (χ2v) is 1.34. The van der Waals surface area contributed by atoms with Crippen LogP contribution in [0.5, 0.6) is 0 Å². The van der Waals surface area contributed by atoms with Crippen molar-refractivity contribution < 1.29 is 14.3 Å². The molecule has 5 heteroatoms. The normalized spacial score (nSPS) is 6.50. The van der Waals surface area contributed by atoms with Gasteiger partial charge in [0.15, 0.2) is 0 Å². The molecule has 0 saturated carbocycles. The van der Waals surface area contributed by atoms with Crippen molar-refractivity contribution in [1.29, 1.82) is 0 Å². The van der Waals surface area contributed by atoms with Gasteiger partial charge >= 0.3 is 12.4 Å². The lowest BCUT2D eigenvalue weighted by molar-refractivity contribution is -0.151. The van der Waals surface area contributed by atoms with E-state index in [1.165, 1.54) is 0 Å². The van der Waals surface area contributed by atoms with Crippen LogP contribution in [0.4, 0.5) is 0 Å². The second kappa shape index (κ2) is 11.2. The topological polar surface area (TPSA) is 78.4 Å². The van der Waals surface area contributed by atoms with E-state index in [1.807, 2.05) is 6.92 Å². The zero-order valence-corrected chi connectivity index (χ0v) is 6.65. The summed E-state index contributed by atoms with van der Waals surface area (Å²) in [6.45, 7) is 1.99.